The van der Waals surface area contributed by atoms with Crippen molar-refractivity contribution in [1.29, 1.82) is 0 Å². The van der Waals surface area contributed by atoms with Crippen molar-refractivity contribution >= 4 is 11.5 Å². The molecule has 108 valence electrons. The molecule has 6 nitrogen and oxygen atoms in total. The quantitative estimate of drug-likeness (QED) is 0.676. The molecule has 2 fully saturated rings. The van der Waals surface area contributed by atoms with Gasteiger partial charge < -0.3 is 20.3 Å². The molecule has 20 heavy (non-hydrogen) atoms. The van der Waals surface area contributed by atoms with Crippen molar-refractivity contribution in [3.63, 3.8) is 0 Å². The Balaban J connectivity index is 1.91. The van der Waals surface area contributed by atoms with Gasteiger partial charge in [-0.25, -0.2) is 0 Å². The van der Waals surface area contributed by atoms with E-state index in [0.717, 1.165) is 32.4 Å². The number of nitrogens with zero attached hydrogens (tertiary/aromatic N) is 3. The Morgan fingerprint density at radius 1 is 1.35 bits per heavy atom. The van der Waals surface area contributed by atoms with Crippen LogP contribution in [0.3, 0.4) is 0 Å². The van der Waals surface area contributed by atoms with Crippen LogP contribution in [0.25, 0.3) is 0 Å². The van der Waals surface area contributed by atoms with E-state index in [4.69, 9.17) is 0 Å². The van der Waals surface area contributed by atoms with E-state index in [9.17, 15) is 10.1 Å². The lowest BCUT2D eigenvalue weighted by Crippen LogP contribution is -2.50. The Labute approximate surface area is 118 Å². The van der Waals surface area contributed by atoms with Crippen LogP contribution in [0.15, 0.2) is 18.3 Å². The molecule has 0 aromatic carbocycles. The molecule has 2 saturated heterocycles. The Hall–Kier alpha value is -1.69. The van der Waals surface area contributed by atoms with Crippen molar-refractivity contribution in [2.45, 2.75) is 44.2 Å². The third kappa shape index (κ3) is 2.47. The summed E-state index contributed by atoms with van der Waals surface area (Å²) >= 11 is 0. The topological polar surface area (TPSA) is 71.3 Å². The van der Waals surface area contributed by atoms with Gasteiger partial charge in [-0.1, -0.05) is 0 Å². The molecule has 1 aromatic heterocycles. The molecular weight excluding hydrogens is 256 g/mol. The highest BCUT2D eigenvalue weighted by Crippen LogP contribution is 2.33. The second kappa shape index (κ2) is 5.75. The summed E-state index contributed by atoms with van der Waals surface area (Å²) < 4.78 is 0. The number of hydrogen-bond acceptors (Lipinski definition) is 5. The maximum Gasteiger partial charge on any atom is 0.387 e. The summed E-state index contributed by atoms with van der Waals surface area (Å²) in [6.45, 7) is 1.94. The second-order valence-electron chi connectivity index (χ2n) is 5.56. The SMILES string of the molecule is O=[N+]([O-])c1ncccc1N1CCCCC1C1CCCN1. The molecule has 0 saturated carbocycles. The largest absolute Gasteiger partial charge is 0.387 e. The van der Waals surface area contributed by atoms with Gasteiger partial charge in [0.2, 0.25) is 0 Å². The molecular formula is C14H20N4O2. The predicted molar refractivity (Wildman–Crippen MR) is 76.9 cm³/mol. The fraction of sp³-hybridized carbons (Fsp3) is 0.643. The van der Waals surface area contributed by atoms with E-state index in [-0.39, 0.29) is 10.7 Å². The van der Waals surface area contributed by atoms with Gasteiger partial charge in [-0.3, -0.25) is 0 Å². The van der Waals surface area contributed by atoms with Crippen molar-refractivity contribution in [2.24, 2.45) is 0 Å². The smallest absolute Gasteiger partial charge is 0.360 e. The molecule has 6 heteroatoms. The molecule has 3 heterocycles. The van der Waals surface area contributed by atoms with Gasteiger partial charge in [-0.2, -0.15) is 0 Å². The first-order valence-electron chi connectivity index (χ1n) is 7.37. The van der Waals surface area contributed by atoms with Crippen molar-refractivity contribution in [1.82, 2.24) is 10.3 Å². The van der Waals surface area contributed by atoms with E-state index in [1.807, 2.05) is 6.07 Å². The number of aromatic nitrogens is 1. The van der Waals surface area contributed by atoms with Gasteiger partial charge in [0.1, 0.15) is 11.9 Å². The Bertz CT molecular complexity index is 488. The molecule has 2 unspecified atom stereocenters. The number of piperidine rings is 1. The van der Waals surface area contributed by atoms with Gasteiger partial charge in [-0.15, -0.1) is 0 Å². The van der Waals surface area contributed by atoms with Crippen LogP contribution in [0.5, 0.6) is 0 Å². The average Bonchev–Trinajstić information content (AvgIpc) is 3.01. The fourth-order valence-electron chi connectivity index (χ4n) is 3.47. The summed E-state index contributed by atoms with van der Waals surface area (Å²) in [4.78, 5) is 17.0. The van der Waals surface area contributed by atoms with Crippen LogP contribution >= 0.6 is 0 Å². The van der Waals surface area contributed by atoms with Crippen LogP contribution in [0.4, 0.5) is 11.5 Å². The lowest BCUT2D eigenvalue weighted by atomic mass is 9.94. The number of nitrogens with one attached hydrogen (secondary N) is 1. The number of pyridine rings is 1. The fourth-order valence-corrected chi connectivity index (χ4v) is 3.47. The molecule has 0 aliphatic carbocycles. The van der Waals surface area contributed by atoms with Crippen molar-refractivity contribution < 1.29 is 4.92 Å². The van der Waals surface area contributed by atoms with Crippen molar-refractivity contribution in [3.05, 3.63) is 28.4 Å². The van der Waals surface area contributed by atoms with E-state index >= 15 is 0 Å². The number of anilines is 1. The Morgan fingerprint density at radius 3 is 3.00 bits per heavy atom. The van der Waals surface area contributed by atoms with Crippen molar-refractivity contribution in [2.75, 3.05) is 18.0 Å². The molecule has 2 atom stereocenters. The zero-order valence-electron chi connectivity index (χ0n) is 11.5. The highest BCUT2D eigenvalue weighted by Gasteiger charge is 2.34. The standard InChI is InChI=1S/C14H20N4O2/c19-18(20)14-13(7-4-9-16-14)17-10-2-1-6-12(17)11-5-3-8-15-11/h4,7,9,11-12,15H,1-3,5-6,8,10H2. The van der Waals surface area contributed by atoms with E-state index in [1.54, 1.807) is 6.07 Å². The summed E-state index contributed by atoms with van der Waals surface area (Å²) in [7, 11) is 0. The summed E-state index contributed by atoms with van der Waals surface area (Å²) in [5, 5.41) is 14.7. The molecule has 1 aromatic rings. The van der Waals surface area contributed by atoms with Crippen LogP contribution in [-0.4, -0.2) is 35.1 Å². The summed E-state index contributed by atoms with van der Waals surface area (Å²) in [5.41, 5.74) is 0.677. The maximum atomic E-state index is 11.2. The molecule has 0 radical (unpaired) electrons. The van der Waals surface area contributed by atoms with Crippen LogP contribution in [0.2, 0.25) is 0 Å². The minimum Gasteiger partial charge on any atom is -0.360 e. The molecule has 1 N–H and O–H groups in total. The zero-order chi connectivity index (χ0) is 13.9. The lowest BCUT2D eigenvalue weighted by Gasteiger charge is -2.40. The van der Waals surface area contributed by atoms with Crippen LogP contribution in [0.1, 0.15) is 32.1 Å². The van der Waals surface area contributed by atoms with E-state index in [2.05, 4.69) is 15.2 Å². The predicted octanol–water partition coefficient (Wildman–Crippen LogP) is 2.10. The lowest BCUT2D eigenvalue weighted by molar-refractivity contribution is -0.388. The van der Waals surface area contributed by atoms with E-state index in [1.165, 1.54) is 19.0 Å². The van der Waals surface area contributed by atoms with Gasteiger partial charge in [-0.05, 0) is 60.7 Å². The number of nitro groups is 1. The molecule has 0 spiro atoms. The molecule has 2 aliphatic rings. The van der Waals surface area contributed by atoms with Gasteiger partial charge in [0, 0.05) is 18.6 Å². The van der Waals surface area contributed by atoms with Crippen LogP contribution in [0, 0.1) is 10.1 Å². The Kier molecular flexibility index (Phi) is 3.82. The maximum absolute atomic E-state index is 11.2. The average molecular weight is 276 g/mol. The van der Waals surface area contributed by atoms with Gasteiger partial charge in [0.15, 0.2) is 0 Å². The zero-order valence-corrected chi connectivity index (χ0v) is 11.5. The van der Waals surface area contributed by atoms with Gasteiger partial charge >= 0.3 is 5.82 Å². The molecule has 0 amide bonds. The highest BCUT2D eigenvalue weighted by molar-refractivity contribution is 5.60. The third-order valence-electron chi connectivity index (χ3n) is 4.36. The normalized spacial score (nSPS) is 26.7. The summed E-state index contributed by atoms with van der Waals surface area (Å²) in [5.74, 6) is -0.0163. The first kappa shape index (κ1) is 13.3. The van der Waals surface area contributed by atoms with Crippen molar-refractivity contribution in [3.8, 4) is 0 Å². The van der Waals surface area contributed by atoms with Gasteiger partial charge in [0.25, 0.3) is 0 Å². The molecule has 2 aliphatic heterocycles. The summed E-state index contributed by atoms with van der Waals surface area (Å²) in [6.07, 6.45) is 7.25. The van der Waals surface area contributed by atoms with E-state index < -0.39 is 0 Å². The summed E-state index contributed by atoms with van der Waals surface area (Å²) in [6, 6.07) is 4.43. The van der Waals surface area contributed by atoms with Gasteiger partial charge in [0.05, 0.1) is 0 Å². The minimum absolute atomic E-state index is 0.0163. The van der Waals surface area contributed by atoms with E-state index in [0.29, 0.717) is 17.8 Å². The monoisotopic (exact) mass is 276 g/mol. The van der Waals surface area contributed by atoms with Crippen LogP contribution in [-0.2, 0) is 0 Å². The molecule has 3 rings (SSSR count). The minimum atomic E-state index is -0.372. The number of rotatable bonds is 3. The second-order valence-corrected chi connectivity index (χ2v) is 5.56. The van der Waals surface area contributed by atoms with Crippen LogP contribution < -0.4 is 10.2 Å². The number of hydrogen-bond donors (Lipinski definition) is 1. The first-order valence-corrected chi connectivity index (χ1v) is 7.37. The molecule has 0 bridgehead atoms. The third-order valence-corrected chi connectivity index (χ3v) is 4.36. The first-order chi connectivity index (χ1) is 9.77. The highest BCUT2D eigenvalue weighted by atomic mass is 16.6. The Morgan fingerprint density at radius 2 is 2.25 bits per heavy atom.